The third-order valence-corrected chi connectivity index (χ3v) is 8.04. The van der Waals surface area contributed by atoms with Crippen molar-refractivity contribution in [2.45, 2.75) is 32.7 Å². The lowest BCUT2D eigenvalue weighted by Gasteiger charge is -2.37. The molecule has 3 aromatic rings. The highest BCUT2D eigenvalue weighted by molar-refractivity contribution is 7.10. The van der Waals surface area contributed by atoms with E-state index in [0.29, 0.717) is 42.5 Å². The lowest BCUT2D eigenvalue weighted by molar-refractivity contribution is -0.135. The number of carbonyl (C=O) groups is 2. The van der Waals surface area contributed by atoms with Crippen molar-refractivity contribution in [3.8, 4) is 17.2 Å². The molecule has 0 saturated heterocycles. The van der Waals surface area contributed by atoms with Gasteiger partial charge in [-0.25, -0.2) is 0 Å². The Balaban J connectivity index is 1.56. The Morgan fingerprint density at radius 3 is 2.61 bits per heavy atom. The minimum absolute atomic E-state index is 0.00497. The molecule has 0 unspecified atom stereocenters. The summed E-state index contributed by atoms with van der Waals surface area (Å²) in [5.74, 6) is 1.89. The van der Waals surface area contributed by atoms with Gasteiger partial charge in [0, 0.05) is 23.5 Å². The number of benzene rings is 2. The van der Waals surface area contributed by atoms with Crippen molar-refractivity contribution in [2.75, 3.05) is 40.5 Å². The molecule has 2 atom stereocenters. The molecule has 2 aromatic carbocycles. The molecule has 1 aliphatic heterocycles. The van der Waals surface area contributed by atoms with Crippen LogP contribution >= 0.6 is 11.3 Å². The van der Waals surface area contributed by atoms with Crippen molar-refractivity contribution in [1.82, 2.24) is 9.80 Å². The predicted octanol–water partition coefficient (Wildman–Crippen LogP) is 5.46. The minimum atomic E-state index is -0.250. The normalized spacial score (nSPS) is 15.4. The van der Waals surface area contributed by atoms with Crippen LogP contribution in [0.3, 0.4) is 0 Å². The van der Waals surface area contributed by atoms with Crippen molar-refractivity contribution in [1.29, 1.82) is 0 Å². The number of carbonyl (C=O) groups excluding carboxylic acids is 2. The van der Waals surface area contributed by atoms with Crippen molar-refractivity contribution < 1.29 is 23.8 Å². The second kappa shape index (κ2) is 12.8. The van der Waals surface area contributed by atoms with Gasteiger partial charge in [-0.05, 0) is 59.7 Å². The molecule has 4 rings (SSSR count). The van der Waals surface area contributed by atoms with Gasteiger partial charge >= 0.3 is 0 Å². The zero-order valence-corrected chi connectivity index (χ0v) is 23.3. The van der Waals surface area contributed by atoms with E-state index in [2.05, 4.69) is 25.3 Å². The number of para-hydroxylation sites is 2. The molecule has 38 heavy (non-hydrogen) atoms. The highest BCUT2D eigenvalue weighted by Gasteiger charge is 2.34. The summed E-state index contributed by atoms with van der Waals surface area (Å²) in [6, 6.07) is 16.4. The quantitative estimate of drug-likeness (QED) is 0.326. The van der Waals surface area contributed by atoms with Crippen LogP contribution < -0.4 is 14.2 Å². The summed E-state index contributed by atoms with van der Waals surface area (Å²) in [5, 5.41) is 2.07. The standard InChI is InChI=1S/C30H36N2O5S/c1-5-21(2)18-31(30(34)22-9-8-10-23(17-22)35-3)19-29(33)32-15-13-28-24(14-16-38-28)25(32)20-37-27-12-7-6-11-26(27)36-4/h6-12,14,16-17,21,25H,5,13,15,18-20H2,1-4H3/t21-,25-/m0/s1. The Labute approximate surface area is 228 Å². The fourth-order valence-corrected chi connectivity index (χ4v) is 5.63. The van der Waals surface area contributed by atoms with Gasteiger partial charge in [0.25, 0.3) is 5.91 Å². The Hall–Kier alpha value is -3.52. The van der Waals surface area contributed by atoms with Crippen LogP contribution in [0.2, 0.25) is 0 Å². The predicted molar refractivity (Wildman–Crippen MR) is 149 cm³/mol. The summed E-state index contributed by atoms with van der Waals surface area (Å²) in [6.45, 7) is 5.57. The first-order chi connectivity index (χ1) is 18.4. The molecule has 1 aliphatic rings. The number of methoxy groups -OCH3 is 2. The molecular weight excluding hydrogens is 500 g/mol. The maximum atomic E-state index is 13.8. The van der Waals surface area contributed by atoms with Gasteiger partial charge in [0.2, 0.25) is 5.91 Å². The average Bonchev–Trinajstić information content (AvgIpc) is 3.44. The molecule has 0 saturated carbocycles. The SMILES string of the molecule is CC[C@H](C)CN(CC(=O)N1CCc2sccc2[C@@H]1COc1ccccc1OC)C(=O)c1cccc(OC)c1. The van der Waals surface area contributed by atoms with Crippen LogP contribution in [-0.4, -0.2) is 62.1 Å². The lowest BCUT2D eigenvalue weighted by atomic mass is 10.00. The Kier molecular flexibility index (Phi) is 9.29. The van der Waals surface area contributed by atoms with E-state index in [-0.39, 0.29) is 30.3 Å². The molecule has 0 radical (unpaired) electrons. The van der Waals surface area contributed by atoms with Crippen LogP contribution in [0, 0.1) is 5.92 Å². The van der Waals surface area contributed by atoms with Crippen molar-refractivity contribution in [2.24, 2.45) is 5.92 Å². The van der Waals surface area contributed by atoms with E-state index in [1.165, 1.54) is 4.88 Å². The highest BCUT2D eigenvalue weighted by atomic mass is 32.1. The third kappa shape index (κ3) is 6.30. The smallest absolute Gasteiger partial charge is 0.254 e. The van der Waals surface area contributed by atoms with Crippen LogP contribution in [-0.2, 0) is 11.2 Å². The number of rotatable bonds is 11. The maximum absolute atomic E-state index is 13.8. The van der Waals surface area contributed by atoms with Gasteiger partial charge in [0.1, 0.15) is 18.9 Å². The molecule has 0 fully saturated rings. The number of amides is 2. The van der Waals surface area contributed by atoms with E-state index < -0.39 is 0 Å². The molecule has 0 aliphatic carbocycles. The summed E-state index contributed by atoms with van der Waals surface area (Å²) in [6.07, 6.45) is 1.70. The summed E-state index contributed by atoms with van der Waals surface area (Å²) in [4.78, 5) is 32.2. The number of fused-ring (bicyclic) bond motifs is 1. The molecular formula is C30H36N2O5S. The fraction of sp³-hybridized carbons (Fsp3) is 0.400. The second-order valence-electron chi connectivity index (χ2n) is 9.54. The first-order valence-corrected chi connectivity index (χ1v) is 13.9. The molecule has 2 amide bonds. The number of hydrogen-bond donors (Lipinski definition) is 0. The average molecular weight is 537 g/mol. The first-order valence-electron chi connectivity index (χ1n) is 13.0. The zero-order chi connectivity index (χ0) is 27.1. The van der Waals surface area contributed by atoms with Gasteiger partial charge in [-0.2, -0.15) is 0 Å². The molecule has 202 valence electrons. The maximum Gasteiger partial charge on any atom is 0.254 e. The Morgan fingerprint density at radius 2 is 1.87 bits per heavy atom. The lowest BCUT2D eigenvalue weighted by Crippen LogP contribution is -2.48. The van der Waals surface area contributed by atoms with E-state index >= 15 is 0 Å². The van der Waals surface area contributed by atoms with Crippen molar-refractivity contribution >= 4 is 23.2 Å². The summed E-state index contributed by atoms with van der Waals surface area (Å²) >= 11 is 1.71. The van der Waals surface area contributed by atoms with Crippen molar-refractivity contribution in [3.63, 3.8) is 0 Å². The molecule has 0 N–H and O–H groups in total. The number of ether oxygens (including phenoxy) is 3. The Bertz CT molecular complexity index is 1240. The summed E-state index contributed by atoms with van der Waals surface area (Å²) < 4.78 is 17.0. The van der Waals surface area contributed by atoms with Gasteiger partial charge in [-0.1, -0.05) is 38.5 Å². The first kappa shape index (κ1) is 27.5. The van der Waals surface area contributed by atoms with Crippen LogP contribution in [0.1, 0.15) is 47.1 Å². The van der Waals surface area contributed by atoms with Crippen LogP contribution in [0.25, 0.3) is 0 Å². The topological polar surface area (TPSA) is 68.3 Å². The zero-order valence-electron chi connectivity index (χ0n) is 22.5. The molecule has 7 nitrogen and oxygen atoms in total. The fourth-order valence-electron chi connectivity index (χ4n) is 4.70. The van der Waals surface area contributed by atoms with Crippen molar-refractivity contribution in [3.05, 3.63) is 76.0 Å². The van der Waals surface area contributed by atoms with Gasteiger partial charge in [0.15, 0.2) is 11.5 Å². The van der Waals surface area contributed by atoms with E-state index in [0.717, 1.165) is 18.4 Å². The van der Waals surface area contributed by atoms with E-state index in [1.807, 2.05) is 29.2 Å². The molecule has 2 heterocycles. The van der Waals surface area contributed by atoms with E-state index in [4.69, 9.17) is 14.2 Å². The molecule has 1 aromatic heterocycles. The van der Waals surface area contributed by atoms with Crippen LogP contribution in [0.15, 0.2) is 60.0 Å². The number of hydrogen-bond acceptors (Lipinski definition) is 6. The van der Waals surface area contributed by atoms with Gasteiger partial charge in [0.05, 0.1) is 20.3 Å². The molecule has 8 heteroatoms. The minimum Gasteiger partial charge on any atom is -0.497 e. The largest absolute Gasteiger partial charge is 0.497 e. The van der Waals surface area contributed by atoms with E-state index in [9.17, 15) is 9.59 Å². The second-order valence-corrected chi connectivity index (χ2v) is 10.5. The van der Waals surface area contributed by atoms with Gasteiger partial charge in [-0.3, -0.25) is 9.59 Å². The third-order valence-electron chi connectivity index (χ3n) is 7.04. The summed E-state index contributed by atoms with van der Waals surface area (Å²) in [7, 11) is 3.19. The van der Waals surface area contributed by atoms with Gasteiger partial charge < -0.3 is 24.0 Å². The van der Waals surface area contributed by atoms with Crippen LogP contribution in [0.4, 0.5) is 0 Å². The monoisotopic (exact) mass is 536 g/mol. The Morgan fingerprint density at radius 1 is 1.08 bits per heavy atom. The molecule has 0 bridgehead atoms. The van der Waals surface area contributed by atoms with Crippen LogP contribution in [0.5, 0.6) is 17.2 Å². The highest BCUT2D eigenvalue weighted by Crippen LogP contribution is 2.35. The van der Waals surface area contributed by atoms with Gasteiger partial charge in [-0.15, -0.1) is 11.3 Å². The molecule has 0 spiro atoms. The van der Waals surface area contributed by atoms with E-state index in [1.54, 1.807) is 54.7 Å². The summed E-state index contributed by atoms with van der Waals surface area (Å²) in [5.41, 5.74) is 1.62. The number of thiophene rings is 1. The number of nitrogens with zero attached hydrogens (tertiary/aromatic N) is 2.